The molecule has 0 heterocycles. The molecule has 6 heteroatoms. The van der Waals surface area contributed by atoms with E-state index in [0.717, 1.165) is 0 Å². The first-order chi connectivity index (χ1) is 1.73. The zero-order chi connectivity index (χ0) is 3.58. The van der Waals surface area contributed by atoms with E-state index >= 15 is 0 Å². The van der Waals surface area contributed by atoms with Crippen LogP contribution in [0.2, 0.25) is 0 Å². The molecule has 4 nitrogen and oxygen atoms in total. The average molecular weight is 121 g/mol. The van der Waals surface area contributed by atoms with Gasteiger partial charge in [0.05, 0.1) is 0 Å². The molecule has 0 aromatic heterocycles. The fourth-order valence-electron chi connectivity index (χ4n) is 0. The SMILES string of the molecule is O.O=[Si]([O-])[O-].[Al+3]. The summed E-state index contributed by atoms with van der Waals surface area (Å²) in [4.78, 5) is 17.0. The van der Waals surface area contributed by atoms with E-state index in [1.54, 1.807) is 0 Å². The molecule has 6 heavy (non-hydrogen) atoms. The Morgan fingerprint density at radius 1 is 1.33 bits per heavy atom. The Labute approximate surface area is 46.8 Å². The summed E-state index contributed by atoms with van der Waals surface area (Å²) in [5, 5.41) is 0. The van der Waals surface area contributed by atoms with Crippen molar-refractivity contribution in [2.45, 2.75) is 0 Å². The molecule has 0 amide bonds. The molecule has 0 aliphatic carbocycles. The van der Waals surface area contributed by atoms with E-state index in [1.807, 2.05) is 0 Å². The molecule has 2 N–H and O–H groups in total. The summed E-state index contributed by atoms with van der Waals surface area (Å²) in [5.41, 5.74) is 0. The van der Waals surface area contributed by atoms with Gasteiger partial charge in [-0.1, -0.05) is 0 Å². The maximum Gasteiger partial charge on any atom is 3.00 e. The smallest absolute Gasteiger partial charge is 0.672 e. The summed E-state index contributed by atoms with van der Waals surface area (Å²) in [6.07, 6.45) is 0. The summed E-state index contributed by atoms with van der Waals surface area (Å²) in [6.45, 7) is 0. The first-order valence-electron chi connectivity index (χ1n) is 0.612. The Bertz CT molecular complexity index is 30.5. The van der Waals surface area contributed by atoms with Gasteiger partial charge in [0.1, 0.15) is 0 Å². The molecule has 0 radical (unpaired) electrons. The minimum absolute atomic E-state index is 0. The Balaban J connectivity index is -0.0000000450. The van der Waals surface area contributed by atoms with Crippen LogP contribution in [0, 0.1) is 0 Å². The van der Waals surface area contributed by atoms with E-state index in [1.165, 1.54) is 0 Å². The second-order valence-corrected chi connectivity index (χ2v) is 0.750. The van der Waals surface area contributed by atoms with E-state index < -0.39 is 9.17 Å². The fourth-order valence-corrected chi connectivity index (χ4v) is 0. The second kappa shape index (κ2) is 8.92. The van der Waals surface area contributed by atoms with Crippen molar-refractivity contribution < 1.29 is 19.5 Å². The van der Waals surface area contributed by atoms with Crippen LogP contribution in [-0.2, 0) is 4.46 Å². The third-order valence-electron chi connectivity index (χ3n) is 0. The summed E-state index contributed by atoms with van der Waals surface area (Å²) in [5.74, 6) is 0. The summed E-state index contributed by atoms with van der Waals surface area (Å²) >= 11 is 0. The van der Waals surface area contributed by atoms with Gasteiger partial charge in [-0.25, -0.2) is 0 Å². The van der Waals surface area contributed by atoms with Gasteiger partial charge in [0, 0.05) is 9.17 Å². The van der Waals surface area contributed by atoms with Crippen LogP contribution in [0.25, 0.3) is 0 Å². The normalized spacial score (nSPS) is 4.00. The van der Waals surface area contributed by atoms with Crippen molar-refractivity contribution in [2.75, 3.05) is 0 Å². The van der Waals surface area contributed by atoms with Crippen LogP contribution >= 0.6 is 0 Å². The van der Waals surface area contributed by atoms with E-state index in [9.17, 15) is 0 Å². The first kappa shape index (κ1) is 16.5. The summed E-state index contributed by atoms with van der Waals surface area (Å²) in [6, 6.07) is 0. The van der Waals surface area contributed by atoms with Crippen molar-refractivity contribution in [1.82, 2.24) is 0 Å². The first-order valence-corrected chi connectivity index (χ1v) is 1.84. The Morgan fingerprint density at radius 3 is 1.33 bits per heavy atom. The number of hydrogen-bond acceptors (Lipinski definition) is 3. The van der Waals surface area contributed by atoms with Crippen LogP contribution in [0.15, 0.2) is 0 Å². The van der Waals surface area contributed by atoms with Crippen LogP contribution in [-0.4, -0.2) is 32.0 Å². The number of rotatable bonds is 0. The van der Waals surface area contributed by atoms with Crippen molar-refractivity contribution in [3.8, 4) is 0 Å². The van der Waals surface area contributed by atoms with Gasteiger partial charge in [-0.05, 0) is 0 Å². The zero-order valence-corrected chi connectivity index (χ0v) is 4.96. The van der Waals surface area contributed by atoms with Gasteiger partial charge in [0.2, 0.25) is 0 Å². The minimum atomic E-state index is -3.63. The van der Waals surface area contributed by atoms with Gasteiger partial charge in [-0.15, -0.1) is 0 Å². The molecule has 32 valence electrons. The standard InChI is InChI=1S/Al.O3Si.H2O/c;1-4(2)3;/h;;1H2/q+3;-2;. The van der Waals surface area contributed by atoms with E-state index in [2.05, 4.69) is 0 Å². The van der Waals surface area contributed by atoms with Gasteiger partial charge >= 0.3 is 17.4 Å². The molecule has 0 bridgehead atoms. The predicted octanol–water partition coefficient (Wildman–Crippen LogP) is -4.08. The molecule has 0 aromatic carbocycles. The molecule has 0 unspecified atom stereocenters. The average Bonchev–Trinajstić information content (AvgIpc) is 0.811. The predicted molar refractivity (Wildman–Crippen MR) is 15.8 cm³/mol. The second-order valence-electron chi connectivity index (χ2n) is 0.250. The Hall–Kier alpha value is 0.109. The molecule has 0 fully saturated rings. The monoisotopic (exact) mass is 121 g/mol. The van der Waals surface area contributed by atoms with Crippen LogP contribution in [0.5, 0.6) is 0 Å². The summed E-state index contributed by atoms with van der Waals surface area (Å²) in [7, 11) is -3.63. The molecule has 0 aliphatic heterocycles. The quantitative estimate of drug-likeness (QED) is 0.305. The van der Waals surface area contributed by atoms with Crippen LogP contribution in [0.3, 0.4) is 0 Å². The molecule has 0 spiro atoms. The van der Waals surface area contributed by atoms with E-state index in [0.29, 0.717) is 0 Å². The van der Waals surface area contributed by atoms with Crippen molar-refractivity contribution in [2.24, 2.45) is 0 Å². The van der Waals surface area contributed by atoms with Gasteiger partial charge in [0.15, 0.2) is 0 Å². The van der Waals surface area contributed by atoms with Crippen LogP contribution in [0.1, 0.15) is 0 Å². The van der Waals surface area contributed by atoms with Crippen molar-refractivity contribution in [1.29, 1.82) is 0 Å². The van der Waals surface area contributed by atoms with Gasteiger partial charge in [-0.2, -0.15) is 0 Å². The van der Waals surface area contributed by atoms with Crippen LogP contribution in [0.4, 0.5) is 0 Å². The van der Waals surface area contributed by atoms with Crippen LogP contribution < -0.4 is 9.59 Å². The van der Waals surface area contributed by atoms with Gasteiger partial charge in [0.25, 0.3) is 0 Å². The minimum Gasteiger partial charge on any atom is -0.672 e. The third-order valence-corrected chi connectivity index (χ3v) is 0. The Morgan fingerprint density at radius 2 is 1.33 bits per heavy atom. The molecule has 0 saturated heterocycles. The molecule has 0 saturated carbocycles. The van der Waals surface area contributed by atoms with Crippen molar-refractivity contribution in [3.05, 3.63) is 0 Å². The number of hydrogen-bond donors (Lipinski definition) is 0. The largest absolute Gasteiger partial charge is 3.00 e. The molecule has 0 rings (SSSR count). The van der Waals surface area contributed by atoms with Gasteiger partial charge in [-0.3, -0.25) is 0 Å². The fraction of sp³-hybridized carbons (Fsp3) is 0. The molecule has 0 aromatic rings. The van der Waals surface area contributed by atoms with E-state index in [-0.39, 0.29) is 22.8 Å². The third kappa shape index (κ3) is 3320. The maximum absolute atomic E-state index is 8.52. The van der Waals surface area contributed by atoms with Gasteiger partial charge < -0.3 is 19.5 Å². The van der Waals surface area contributed by atoms with Crippen molar-refractivity contribution in [3.63, 3.8) is 0 Å². The topological polar surface area (TPSA) is 94.7 Å². The molecule has 0 atom stereocenters. The Kier molecular flexibility index (Phi) is 24.5. The summed E-state index contributed by atoms with van der Waals surface area (Å²) < 4.78 is 8.52. The van der Waals surface area contributed by atoms with E-state index in [4.69, 9.17) is 14.1 Å². The molecular weight excluding hydrogens is 119 g/mol. The van der Waals surface area contributed by atoms with Crippen molar-refractivity contribution >= 4 is 26.5 Å². The maximum atomic E-state index is 8.52. The molecular formula is H2AlO4Si+. The zero-order valence-electron chi connectivity index (χ0n) is 2.80. The molecule has 0 aliphatic rings.